The van der Waals surface area contributed by atoms with Gasteiger partial charge in [0.05, 0.1) is 22.9 Å². The highest BCUT2D eigenvalue weighted by molar-refractivity contribution is 6.14. The molecular weight excluding hydrogens is 546 g/mol. The Morgan fingerprint density at radius 1 is 0.756 bits per heavy atom. The lowest BCUT2D eigenvalue weighted by Gasteiger charge is -2.45. The molecular formula is C42H35N3. The van der Waals surface area contributed by atoms with E-state index in [-0.39, 0.29) is 22.8 Å². The SMILES string of the molecule is CC1(C)C2=C(c3ccccc3N(C3=C4C=CC=CC4(C)C(C4C=CC=CN4)C=C3)c3nc4ccccc4cc32)c2ccccc21. The molecule has 3 unspecified atom stereocenters. The van der Waals surface area contributed by atoms with Gasteiger partial charge in [0.25, 0.3) is 0 Å². The number of anilines is 2. The highest BCUT2D eigenvalue weighted by atomic mass is 15.2. The molecule has 0 saturated carbocycles. The molecule has 4 aromatic rings. The third-order valence-corrected chi connectivity index (χ3v) is 10.6. The van der Waals surface area contributed by atoms with E-state index in [9.17, 15) is 0 Å². The molecule has 3 aromatic carbocycles. The average molecular weight is 582 g/mol. The van der Waals surface area contributed by atoms with Gasteiger partial charge in [0.2, 0.25) is 0 Å². The van der Waals surface area contributed by atoms with Crippen LogP contribution in [0.4, 0.5) is 11.5 Å². The van der Waals surface area contributed by atoms with Crippen LogP contribution in [0.15, 0.2) is 151 Å². The standard InChI is InChI=1S/C42H35N3/c1-41(2)31-17-7-5-15-28(31)38-29-16-6-9-21-36(29)45(40-30(39(38)41)26-27-14-4-8-19-34(27)44-40)37-23-22-32(35-20-11-13-25-43-35)42(3)24-12-10-18-33(37)42/h4-26,32,35,43H,1-3H3. The molecule has 218 valence electrons. The highest BCUT2D eigenvalue weighted by Crippen LogP contribution is 2.59. The molecule has 0 radical (unpaired) electrons. The Bertz CT molecular complexity index is 2150. The van der Waals surface area contributed by atoms with E-state index in [1.54, 1.807) is 0 Å². The minimum atomic E-state index is -0.216. The van der Waals surface area contributed by atoms with Crippen molar-refractivity contribution < 1.29 is 0 Å². The Balaban J connectivity index is 1.37. The molecule has 3 heterocycles. The molecule has 9 rings (SSSR count). The Morgan fingerprint density at radius 3 is 2.42 bits per heavy atom. The van der Waals surface area contributed by atoms with E-state index < -0.39 is 0 Å². The van der Waals surface area contributed by atoms with E-state index in [2.05, 4.69) is 171 Å². The third kappa shape index (κ3) is 3.61. The normalized spacial score (nSPS) is 25.0. The first kappa shape index (κ1) is 26.3. The summed E-state index contributed by atoms with van der Waals surface area (Å²) < 4.78 is 0. The second-order valence-electron chi connectivity index (χ2n) is 13.4. The van der Waals surface area contributed by atoms with Crippen molar-refractivity contribution in [1.29, 1.82) is 0 Å². The first-order chi connectivity index (χ1) is 22.0. The summed E-state index contributed by atoms with van der Waals surface area (Å²) in [4.78, 5) is 8.00. The van der Waals surface area contributed by atoms with Gasteiger partial charge in [0, 0.05) is 33.3 Å². The summed E-state index contributed by atoms with van der Waals surface area (Å²) >= 11 is 0. The number of allylic oxidation sites excluding steroid dienone is 9. The second-order valence-corrected chi connectivity index (χ2v) is 13.4. The van der Waals surface area contributed by atoms with Gasteiger partial charge in [0.1, 0.15) is 5.82 Å². The third-order valence-electron chi connectivity index (χ3n) is 10.6. The van der Waals surface area contributed by atoms with Crippen molar-refractivity contribution in [1.82, 2.24) is 10.3 Å². The molecule has 0 bridgehead atoms. The predicted octanol–water partition coefficient (Wildman–Crippen LogP) is 9.55. The fourth-order valence-corrected chi connectivity index (χ4v) is 8.46. The lowest BCUT2D eigenvalue weighted by atomic mass is 9.63. The van der Waals surface area contributed by atoms with Crippen molar-refractivity contribution in [3.05, 3.63) is 173 Å². The summed E-state index contributed by atoms with van der Waals surface area (Å²) in [6.07, 6.45) is 22.4. The Kier molecular flexibility index (Phi) is 5.50. The summed E-state index contributed by atoms with van der Waals surface area (Å²) in [6, 6.07) is 29.0. The van der Waals surface area contributed by atoms with E-state index in [0.29, 0.717) is 0 Å². The lowest BCUT2D eigenvalue weighted by molar-refractivity contribution is 0.320. The van der Waals surface area contributed by atoms with Crippen molar-refractivity contribution in [3.63, 3.8) is 0 Å². The molecule has 0 saturated heterocycles. The van der Waals surface area contributed by atoms with Crippen LogP contribution in [0.2, 0.25) is 0 Å². The van der Waals surface area contributed by atoms with Gasteiger partial charge in [-0.1, -0.05) is 124 Å². The number of rotatable bonds is 2. The average Bonchev–Trinajstić information content (AvgIpc) is 3.22. The number of hydrogen-bond donors (Lipinski definition) is 1. The molecule has 1 aromatic heterocycles. The molecule has 5 aliphatic rings. The minimum absolute atomic E-state index is 0.201. The zero-order valence-corrected chi connectivity index (χ0v) is 25.8. The van der Waals surface area contributed by atoms with E-state index in [1.807, 2.05) is 0 Å². The number of para-hydroxylation sites is 2. The van der Waals surface area contributed by atoms with E-state index >= 15 is 0 Å². The maximum atomic E-state index is 5.54. The van der Waals surface area contributed by atoms with Crippen molar-refractivity contribution in [2.24, 2.45) is 11.3 Å². The second kappa shape index (κ2) is 9.42. The zero-order chi connectivity index (χ0) is 30.3. The Hall–Kier alpha value is -5.15. The number of pyridine rings is 1. The van der Waals surface area contributed by atoms with Gasteiger partial charge in [-0.15, -0.1) is 0 Å². The van der Waals surface area contributed by atoms with Gasteiger partial charge in [0.15, 0.2) is 0 Å². The number of fused-ring (bicyclic) bond motifs is 8. The molecule has 1 N–H and O–H groups in total. The highest BCUT2D eigenvalue weighted by Gasteiger charge is 2.46. The van der Waals surface area contributed by atoms with Gasteiger partial charge < -0.3 is 5.32 Å². The molecule has 3 atom stereocenters. The van der Waals surface area contributed by atoms with Crippen LogP contribution in [0.5, 0.6) is 0 Å². The summed E-state index contributed by atoms with van der Waals surface area (Å²) in [5.41, 5.74) is 12.0. The Morgan fingerprint density at radius 2 is 1.56 bits per heavy atom. The van der Waals surface area contributed by atoms with Gasteiger partial charge in [-0.05, 0) is 64.4 Å². The monoisotopic (exact) mass is 581 g/mol. The van der Waals surface area contributed by atoms with Crippen molar-refractivity contribution in [2.45, 2.75) is 32.2 Å². The van der Waals surface area contributed by atoms with Gasteiger partial charge in [-0.3, -0.25) is 4.90 Å². The first-order valence-corrected chi connectivity index (χ1v) is 16.0. The summed E-state index contributed by atoms with van der Waals surface area (Å²) in [5, 5.41) is 4.77. The van der Waals surface area contributed by atoms with Crippen LogP contribution in [0, 0.1) is 11.3 Å². The van der Waals surface area contributed by atoms with Crippen LogP contribution in [0.25, 0.3) is 22.0 Å². The number of nitrogens with one attached hydrogen (secondary N) is 1. The predicted molar refractivity (Wildman–Crippen MR) is 187 cm³/mol. The fraction of sp³-hybridized carbons (Fsp3) is 0.167. The van der Waals surface area contributed by atoms with E-state index in [4.69, 9.17) is 4.98 Å². The van der Waals surface area contributed by atoms with Crippen LogP contribution >= 0.6 is 0 Å². The van der Waals surface area contributed by atoms with Crippen LogP contribution in [-0.4, -0.2) is 11.0 Å². The largest absolute Gasteiger partial charge is 0.384 e. The van der Waals surface area contributed by atoms with Crippen molar-refractivity contribution in [2.75, 3.05) is 4.90 Å². The number of nitrogens with zero attached hydrogens (tertiary/aromatic N) is 2. The smallest absolute Gasteiger partial charge is 0.145 e. The van der Waals surface area contributed by atoms with Gasteiger partial charge in [-0.2, -0.15) is 0 Å². The molecule has 0 amide bonds. The number of hydrogen-bond acceptors (Lipinski definition) is 3. The van der Waals surface area contributed by atoms with Crippen LogP contribution in [0.1, 0.15) is 43.0 Å². The number of dihydropyridines is 1. The molecule has 45 heavy (non-hydrogen) atoms. The maximum absolute atomic E-state index is 5.54. The first-order valence-electron chi connectivity index (χ1n) is 16.0. The molecule has 0 spiro atoms. The van der Waals surface area contributed by atoms with E-state index in [1.165, 1.54) is 44.7 Å². The number of benzene rings is 3. The van der Waals surface area contributed by atoms with E-state index in [0.717, 1.165) is 22.4 Å². The maximum Gasteiger partial charge on any atom is 0.145 e. The molecule has 3 aliphatic carbocycles. The summed E-state index contributed by atoms with van der Waals surface area (Å²) in [6.45, 7) is 7.15. The van der Waals surface area contributed by atoms with Crippen LogP contribution in [0.3, 0.4) is 0 Å². The van der Waals surface area contributed by atoms with Crippen LogP contribution in [-0.2, 0) is 5.41 Å². The quantitative estimate of drug-likeness (QED) is 0.256. The molecule has 3 heteroatoms. The van der Waals surface area contributed by atoms with Gasteiger partial charge >= 0.3 is 0 Å². The zero-order valence-electron chi connectivity index (χ0n) is 25.8. The number of aromatic nitrogens is 1. The Labute approximate surface area is 265 Å². The van der Waals surface area contributed by atoms with Crippen molar-refractivity contribution in [3.8, 4) is 0 Å². The fourth-order valence-electron chi connectivity index (χ4n) is 8.46. The van der Waals surface area contributed by atoms with Crippen molar-refractivity contribution >= 4 is 33.6 Å². The molecule has 3 nitrogen and oxygen atoms in total. The van der Waals surface area contributed by atoms with Gasteiger partial charge in [-0.25, -0.2) is 4.98 Å². The molecule has 0 fully saturated rings. The topological polar surface area (TPSA) is 28.2 Å². The minimum Gasteiger partial charge on any atom is -0.384 e. The van der Waals surface area contributed by atoms with Crippen LogP contribution < -0.4 is 10.2 Å². The summed E-state index contributed by atoms with van der Waals surface area (Å²) in [5.74, 6) is 1.24. The lowest BCUT2D eigenvalue weighted by Crippen LogP contribution is -2.44. The molecule has 2 aliphatic heterocycles. The summed E-state index contributed by atoms with van der Waals surface area (Å²) in [7, 11) is 0.